The zero-order valence-electron chi connectivity index (χ0n) is 6.50. The van der Waals surface area contributed by atoms with E-state index in [4.69, 9.17) is 9.47 Å². The molecule has 1 saturated heterocycles. The van der Waals surface area contributed by atoms with E-state index < -0.39 is 0 Å². The molecule has 0 aromatic heterocycles. The van der Waals surface area contributed by atoms with E-state index in [1.807, 2.05) is 0 Å². The van der Waals surface area contributed by atoms with Crippen LogP contribution in [-0.4, -0.2) is 19.3 Å². The molecule has 2 rings (SSSR count). The number of hydrogen-bond acceptors (Lipinski definition) is 2. The molecular weight excluding hydrogens is 159 g/mol. The van der Waals surface area contributed by atoms with Crippen LogP contribution in [0.3, 0.4) is 0 Å². The van der Waals surface area contributed by atoms with Crippen molar-refractivity contribution in [2.24, 2.45) is 0 Å². The third kappa shape index (κ3) is 1.95. The van der Waals surface area contributed by atoms with Gasteiger partial charge in [0, 0.05) is 0 Å². The second kappa shape index (κ2) is 3.11. The van der Waals surface area contributed by atoms with Crippen molar-refractivity contribution in [2.45, 2.75) is 6.10 Å². The van der Waals surface area contributed by atoms with Crippen LogP contribution in [0.5, 0.6) is 5.75 Å². The first-order valence-corrected chi connectivity index (χ1v) is 3.84. The van der Waals surface area contributed by atoms with Gasteiger partial charge >= 0.3 is 0 Å². The van der Waals surface area contributed by atoms with Gasteiger partial charge in [-0.1, -0.05) is 0 Å². The Bertz CT molecular complexity index is 254. The van der Waals surface area contributed by atoms with Gasteiger partial charge in [-0.3, -0.25) is 0 Å². The van der Waals surface area contributed by atoms with E-state index in [9.17, 15) is 4.39 Å². The fourth-order valence-corrected chi connectivity index (χ4v) is 0.884. The summed E-state index contributed by atoms with van der Waals surface area (Å²) >= 11 is 0. The number of benzene rings is 1. The van der Waals surface area contributed by atoms with Crippen LogP contribution in [0.1, 0.15) is 0 Å². The molecule has 1 aromatic carbocycles. The van der Waals surface area contributed by atoms with Crippen molar-refractivity contribution < 1.29 is 13.9 Å². The maximum atomic E-state index is 12.4. The van der Waals surface area contributed by atoms with Gasteiger partial charge in [0.05, 0.1) is 6.61 Å². The van der Waals surface area contributed by atoms with Crippen LogP contribution in [0.15, 0.2) is 24.3 Å². The second-order valence-electron chi connectivity index (χ2n) is 2.72. The predicted octanol–water partition coefficient (Wildman–Crippen LogP) is 1.60. The van der Waals surface area contributed by atoms with E-state index in [1.165, 1.54) is 12.1 Å². The quantitative estimate of drug-likeness (QED) is 0.639. The molecule has 3 heteroatoms. The van der Waals surface area contributed by atoms with E-state index in [0.717, 1.165) is 6.61 Å². The van der Waals surface area contributed by atoms with Crippen LogP contribution in [0, 0.1) is 5.82 Å². The molecule has 12 heavy (non-hydrogen) atoms. The number of ether oxygens (including phenoxy) is 2. The maximum Gasteiger partial charge on any atom is 0.123 e. The molecule has 0 amide bonds. The first-order valence-electron chi connectivity index (χ1n) is 3.84. The molecule has 1 aromatic rings. The van der Waals surface area contributed by atoms with Gasteiger partial charge in [0.25, 0.3) is 0 Å². The van der Waals surface area contributed by atoms with E-state index in [1.54, 1.807) is 12.1 Å². The Morgan fingerprint density at radius 3 is 2.67 bits per heavy atom. The summed E-state index contributed by atoms with van der Waals surface area (Å²) in [5, 5.41) is 0. The lowest BCUT2D eigenvalue weighted by Crippen LogP contribution is -2.03. The Morgan fingerprint density at radius 1 is 1.42 bits per heavy atom. The monoisotopic (exact) mass is 168 g/mol. The third-order valence-electron chi connectivity index (χ3n) is 1.65. The zero-order chi connectivity index (χ0) is 8.39. The van der Waals surface area contributed by atoms with Gasteiger partial charge in [-0.15, -0.1) is 0 Å². The van der Waals surface area contributed by atoms with Crippen LogP contribution in [0.2, 0.25) is 0 Å². The van der Waals surface area contributed by atoms with E-state index in [-0.39, 0.29) is 11.9 Å². The predicted molar refractivity (Wildman–Crippen MR) is 41.6 cm³/mol. The highest BCUT2D eigenvalue weighted by molar-refractivity contribution is 5.22. The average Bonchev–Trinajstić information content (AvgIpc) is 2.87. The first kappa shape index (κ1) is 7.55. The third-order valence-corrected chi connectivity index (χ3v) is 1.65. The van der Waals surface area contributed by atoms with Gasteiger partial charge < -0.3 is 9.47 Å². The van der Waals surface area contributed by atoms with Gasteiger partial charge in [0.2, 0.25) is 0 Å². The number of epoxide rings is 1. The van der Waals surface area contributed by atoms with Crippen molar-refractivity contribution in [1.82, 2.24) is 0 Å². The molecule has 1 aliphatic rings. The van der Waals surface area contributed by atoms with Crippen LogP contribution in [0.4, 0.5) is 4.39 Å². The Morgan fingerprint density at radius 2 is 2.08 bits per heavy atom. The Kier molecular flexibility index (Phi) is 1.96. The molecule has 0 saturated carbocycles. The van der Waals surface area contributed by atoms with Crippen molar-refractivity contribution >= 4 is 0 Å². The van der Waals surface area contributed by atoms with Crippen molar-refractivity contribution in [3.63, 3.8) is 0 Å². The SMILES string of the molecule is Fc1ccc(OCC2CO2)cc1. The molecule has 64 valence electrons. The summed E-state index contributed by atoms with van der Waals surface area (Å²) in [5.41, 5.74) is 0. The van der Waals surface area contributed by atoms with Crippen LogP contribution in [-0.2, 0) is 4.74 Å². The highest BCUT2D eigenvalue weighted by Crippen LogP contribution is 2.14. The van der Waals surface area contributed by atoms with Gasteiger partial charge in [-0.25, -0.2) is 4.39 Å². The molecule has 0 N–H and O–H groups in total. The minimum absolute atomic E-state index is 0.245. The summed E-state index contributed by atoms with van der Waals surface area (Å²) in [4.78, 5) is 0. The van der Waals surface area contributed by atoms with Crippen molar-refractivity contribution in [1.29, 1.82) is 0 Å². The molecule has 0 bridgehead atoms. The summed E-state index contributed by atoms with van der Waals surface area (Å²) in [6, 6.07) is 5.97. The first-order chi connectivity index (χ1) is 5.84. The fraction of sp³-hybridized carbons (Fsp3) is 0.333. The molecule has 1 heterocycles. The van der Waals surface area contributed by atoms with Crippen molar-refractivity contribution in [2.75, 3.05) is 13.2 Å². The molecule has 0 radical (unpaired) electrons. The lowest BCUT2D eigenvalue weighted by atomic mass is 10.3. The van der Waals surface area contributed by atoms with Gasteiger partial charge in [-0.2, -0.15) is 0 Å². The van der Waals surface area contributed by atoms with E-state index in [2.05, 4.69) is 0 Å². The minimum atomic E-state index is -0.245. The minimum Gasteiger partial charge on any atom is -0.491 e. The Hall–Kier alpha value is -1.09. The lowest BCUT2D eigenvalue weighted by molar-refractivity contribution is 0.263. The van der Waals surface area contributed by atoms with Gasteiger partial charge in [0.15, 0.2) is 0 Å². The molecule has 0 aliphatic carbocycles. The number of halogens is 1. The Labute approximate surface area is 69.9 Å². The summed E-state index contributed by atoms with van der Waals surface area (Å²) in [6.45, 7) is 1.34. The molecule has 1 fully saturated rings. The molecule has 2 nitrogen and oxygen atoms in total. The summed E-state index contributed by atoms with van der Waals surface area (Å²) in [7, 11) is 0. The lowest BCUT2D eigenvalue weighted by Gasteiger charge is -2.02. The number of rotatable bonds is 3. The molecule has 0 spiro atoms. The van der Waals surface area contributed by atoms with Crippen LogP contribution in [0.25, 0.3) is 0 Å². The number of hydrogen-bond donors (Lipinski definition) is 0. The van der Waals surface area contributed by atoms with Crippen molar-refractivity contribution in [3.8, 4) is 5.75 Å². The topological polar surface area (TPSA) is 21.8 Å². The average molecular weight is 168 g/mol. The fourth-order valence-electron chi connectivity index (χ4n) is 0.884. The normalized spacial score (nSPS) is 20.6. The summed E-state index contributed by atoms with van der Waals surface area (Å²) in [5.74, 6) is 0.442. The van der Waals surface area contributed by atoms with Crippen LogP contribution >= 0.6 is 0 Å². The van der Waals surface area contributed by atoms with E-state index >= 15 is 0 Å². The largest absolute Gasteiger partial charge is 0.491 e. The van der Waals surface area contributed by atoms with Gasteiger partial charge in [0.1, 0.15) is 24.3 Å². The Balaban J connectivity index is 1.89. The molecule has 1 aliphatic heterocycles. The molecule has 1 atom stereocenters. The molecule has 1 unspecified atom stereocenters. The maximum absolute atomic E-state index is 12.4. The zero-order valence-corrected chi connectivity index (χ0v) is 6.50. The van der Waals surface area contributed by atoms with Crippen LogP contribution < -0.4 is 4.74 Å². The standard InChI is InChI=1S/C9H9FO2/c10-7-1-3-8(4-2-7)11-5-9-6-12-9/h1-4,9H,5-6H2. The summed E-state index contributed by atoms with van der Waals surface area (Å²) < 4.78 is 22.7. The van der Waals surface area contributed by atoms with Crippen molar-refractivity contribution in [3.05, 3.63) is 30.1 Å². The molecular formula is C9H9FO2. The summed E-state index contributed by atoms with van der Waals surface area (Å²) in [6.07, 6.45) is 0.245. The highest BCUT2D eigenvalue weighted by atomic mass is 19.1. The smallest absolute Gasteiger partial charge is 0.123 e. The second-order valence-corrected chi connectivity index (χ2v) is 2.72. The van der Waals surface area contributed by atoms with Gasteiger partial charge in [-0.05, 0) is 24.3 Å². The van der Waals surface area contributed by atoms with E-state index in [0.29, 0.717) is 12.4 Å². The highest BCUT2D eigenvalue weighted by Gasteiger charge is 2.22.